The molecule has 1 N–H and O–H groups in total. The SMILES string of the molecule is CCN1CCN(c2cc(C(=O)NC(C)c3ccccc3)ncn2)CC1. The van der Waals surface area contributed by atoms with Gasteiger partial charge in [0.15, 0.2) is 0 Å². The van der Waals surface area contributed by atoms with E-state index in [0.717, 1.165) is 44.1 Å². The Morgan fingerprint density at radius 1 is 1.16 bits per heavy atom. The van der Waals surface area contributed by atoms with Crippen molar-refractivity contribution in [2.75, 3.05) is 37.6 Å². The summed E-state index contributed by atoms with van der Waals surface area (Å²) >= 11 is 0. The van der Waals surface area contributed by atoms with Gasteiger partial charge >= 0.3 is 0 Å². The molecule has 25 heavy (non-hydrogen) atoms. The van der Waals surface area contributed by atoms with E-state index in [4.69, 9.17) is 0 Å². The van der Waals surface area contributed by atoms with Gasteiger partial charge in [-0.05, 0) is 19.0 Å². The number of likely N-dealkylation sites (N-methyl/N-ethyl adjacent to an activating group) is 1. The second-order valence-electron chi connectivity index (χ2n) is 6.29. The van der Waals surface area contributed by atoms with Crippen LogP contribution >= 0.6 is 0 Å². The summed E-state index contributed by atoms with van der Waals surface area (Å²) in [6.45, 7) is 9.11. The molecule has 1 unspecified atom stereocenters. The number of hydrogen-bond donors (Lipinski definition) is 1. The number of rotatable bonds is 5. The molecule has 1 aliphatic rings. The van der Waals surface area contributed by atoms with E-state index in [1.165, 1.54) is 6.33 Å². The Morgan fingerprint density at radius 3 is 2.56 bits per heavy atom. The fourth-order valence-corrected chi connectivity index (χ4v) is 3.03. The molecule has 3 rings (SSSR count). The lowest BCUT2D eigenvalue weighted by molar-refractivity contribution is 0.0934. The van der Waals surface area contributed by atoms with Crippen molar-refractivity contribution in [2.45, 2.75) is 19.9 Å². The van der Waals surface area contributed by atoms with Crippen LogP contribution < -0.4 is 10.2 Å². The Hall–Kier alpha value is -2.47. The number of nitrogens with one attached hydrogen (secondary N) is 1. The number of carbonyl (C=O) groups excluding carboxylic acids is 1. The minimum Gasteiger partial charge on any atom is -0.354 e. The van der Waals surface area contributed by atoms with Gasteiger partial charge in [0.25, 0.3) is 5.91 Å². The second-order valence-corrected chi connectivity index (χ2v) is 6.29. The van der Waals surface area contributed by atoms with Crippen LogP contribution in [0.4, 0.5) is 5.82 Å². The largest absolute Gasteiger partial charge is 0.354 e. The van der Waals surface area contributed by atoms with Crippen molar-refractivity contribution >= 4 is 11.7 Å². The summed E-state index contributed by atoms with van der Waals surface area (Å²) in [5.74, 6) is 0.649. The molecule has 0 radical (unpaired) electrons. The average molecular weight is 339 g/mol. The molecular formula is C19H25N5O. The topological polar surface area (TPSA) is 61.4 Å². The first-order chi connectivity index (χ1) is 12.2. The number of benzene rings is 1. The van der Waals surface area contributed by atoms with Crippen LogP contribution in [-0.2, 0) is 0 Å². The molecule has 1 atom stereocenters. The highest BCUT2D eigenvalue weighted by molar-refractivity contribution is 5.93. The predicted octanol–water partition coefficient (Wildman–Crippen LogP) is 2.11. The molecule has 0 saturated carbocycles. The van der Waals surface area contributed by atoms with Crippen molar-refractivity contribution in [3.63, 3.8) is 0 Å². The van der Waals surface area contributed by atoms with E-state index < -0.39 is 0 Å². The number of amides is 1. The van der Waals surface area contributed by atoms with Gasteiger partial charge in [0.1, 0.15) is 17.8 Å². The Bertz CT molecular complexity index is 698. The molecular weight excluding hydrogens is 314 g/mol. The van der Waals surface area contributed by atoms with Gasteiger partial charge in [-0.25, -0.2) is 9.97 Å². The van der Waals surface area contributed by atoms with Crippen LogP contribution in [-0.4, -0.2) is 53.5 Å². The Kier molecular flexibility index (Phi) is 5.60. The van der Waals surface area contributed by atoms with Crippen LogP contribution in [0.25, 0.3) is 0 Å². The Balaban J connectivity index is 1.66. The van der Waals surface area contributed by atoms with E-state index >= 15 is 0 Å². The van der Waals surface area contributed by atoms with Gasteiger partial charge in [0, 0.05) is 32.2 Å². The third-order valence-corrected chi connectivity index (χ3v) is 4.68. The molecule has 1 fully saturated rings. The van der Waals surface area contributed by atoms with Crippen LogP contribution in [0.2, 0.25) is 0 Å². The van der Waals surface area contributed by atoms with Gasteiger partial charge in [0.05, 0.1) is 6.04 Å². The van der Waals surface area contributed by atoms with Crippen molar-refractivity contribution in [3.8, 4) is 0 Å². The van der Waals surface area contributed by atoms with Crippen molar-refractivity contribution < 1.29 is 4.79 Å². The summed E-state index contributed by atoms with van der Waals surface area (Å²) < 4.78 is 0. The standard InChI is InChI=1S/C19H25N5O/c1-3-23-9-11-24(12-10-23)18-13-17(20-14-21-18)19(25)22-15(2)16-7-5-4-6-8-16/h4-8,13-15H,3,9-12H2,1-2H3,(H,22,25). The van der Waals surface area contributed by atoms with Crippen LogP contribution in [0.3, 0.4) is 0 Å². The molecule has 2 aromatic rings. The molecule has 1 amide bonds. The molecule has 1 saturated heterocycles. The molecule has 132 valence electrons. The van der Waals surface area contributed by atoms with Crippen molar-refractivity contribution in [3.05, 3.63) is 54.0 Å². The van der Waals surface area contributed by atoms with Gasteiger partial charge in [-0.3, -0.25) is 4.79 Å². The first kappa shape index (κ1) is 17.4. The Labute approximate surface area is 148 Å². The van der Waals surface area contributed by atoms with Gasteiger partial charge in [-0.15, -0.1) is 0 Å². The third kappa shape index (κ3) is 4.33. The monoisotopic (exact) mass is 339 g/mol. The van der Waals surface area contributed by atoms with Gasteiger partial charge in [-0.1, -0.05) is 37.3 Å². The molecule has 0 bridgehead atoms. The van der Waals surface area contributed by atoms with E-state index in [1.54, 1.807) is 6.07 Å². The number of hydrogen-bond acceptors (Lipinski definition) is 5. The first-order valence-corrected chi connectivity index (χ1v) is 8.82. The molecule has 6 nitrogen and oxygen atoms in total. The molecule has 1 aromatic heterocycles. The molecule has 0 aliphatic carbocycles. The maximum Gasteiger partial charge on any atom is 0.270 e. The molecule has 1 aliphatic heterocycles. The minimum absolute atomic E-state index is 0.0692. The summed E-state index contributed by atoms with van der Waals surface area (Å²) in [4.78, 5) is 25.7. The van der Waals surface area contributed by atoms with E-state index in [2.05, 4.69) is 32.0 Å². The number of piperazine rings is 1. The highest BCUT2D eigenvalue weighted by Gasteiger charge is 2.19. The second kappa shape index (κ2) is 8.07. The third-order valence-electron chi connectivity index (χ3n) is 4.68. The van der Waals surface area contributed by atoms with Crippen LogP contribution in [0.5, 0.6) is 0 Å². The maximum absolute atomic E-state index is 12.5. The number of anilines is 1. The van der Waals surface area contributed by atoms with Crippen LogP contribution in [0, 0.1) is 0 Å². The fourth-order valence-electron chi connectivity index (χ4n) is 3.03. The van der Waals surface area contributed by atoms with Gasteiger partial charge in [-0.2, -0.15) is 0 Å². The zero-order valence-corrected chi connectivity index (χ0v) is 14.9. The lowest BCUT2D eigenvalue weighted by Gasteiger charge is -2.34. The summed E-state index contributed by atoms with van der Waals surface area (Å²) in [7, 11) is 0. The van der Waals surface area contributed by atoms with Crippen LogP contribution in [0.1, 0.15) is 35.9 Å². The zero-order valence-electron chi connectivity index (χ0n) is 14.9. The molecule has 1 aromatic carbocycles. The smallest absolute Gasteiger partial charge is 0.270 e. The Morgan fingerprint density at radius 2 is 1.88 bits per heavy atom. The average Bonchev–Trinajstić information content (AvgIpc) is 2.68. The quantitative estimate of drug-likeness (QED) is 0.904. The summed E-state index contributed by atoms with van der Waals surface area (Å²) in [6.07, 6.45) is 1.48. The summed E-state index contributed by atoms with van der Waals surface area (Å²) in [6, 6.07) is 11.6. The van der Waals surface area contributed by atoms with Crippen molar-refractivity contribution in [1.29, 1.82) is 0 Å². The normalized spacial score (nSPS) is 16.5. The number of aromatic nitrogens is 2. The fraction of sp³-hybridized carbons (Fsp3) is 0.421. The van der Waals surface area contributed by atoms with Gasteiger partial charge < -0.3 is 15.1 Å². The predicted molar refractivity (Wildman–Crippen MR) is 98.7 cm³/mol. The van der Waals surface area contributed by atoms with Gasteiger partial charge in [0.2, 0.25) is 0 Å². The van der Waals surface area contributed by atoms with E-state index in [-0.39, 0.29) is 11.9 Å². The molecule has 6 heteroatoms. The van der Waals surface area contributed by atoms with E-state index in [9.17, 15) is 4.79 Å². The summed E-state index contributed by atoms with van der Waals surface area (Å²) in [5.41, 5.74) is 1.48. The highest BCUT2D eigenvalue weighted by Crippen LogP contribution is 2.16. The zero-order chi connectivity index (χ0) is 17.6. The number of carbonyl (C=O) groups is 1. The maximum atomic E-state index is 12.5. The van der Waals surface area contributed by atoms with Crippen molar-refractivity contribution in [2.24, 2.45) is 0 Å². The lowest BCUT2D eigenvalue weighted by atomic mass is 10.1. The molecule has 2 heterocycles. The van der Waals surface area contributed by atoms with E-state index in [0.29, 0.717) is 5.69 Å². The molecule has 0 spiro atoms. The highest BCUT2D eigenvalue weighted by atomic mass is 16.1. The van der Waals surface area contributed by atoms with E-state index in [1.807, 2.05) is 37.3 Å². The minimum atomic E-state index is -0.174. The van der Waals surface area contributed by atoms with Crippen LogP contribution in [0.15, 0.2) is 42.7 Å². The lowest BCUT2D eigenvalue weighted by Crippen LogP contribution is -2.46. The number of nitrogens with zero attached hydrogens (tertiary/aromatic N) is 4. The summed E-state index contributed by atoms with van der Waals surface area (Å²) in [5, 5.41) is 3.00. The first-order valence-electron chi connectivity index (χ1n) is 8.82. The van der Waals surface area contributed by atoms with Crippen molar-refractivity contribution in [1.82, 2.24) is 20.2 Å².